The van der Waals surface area contributed by atoms with Gasteiger partial charge in [-0.05, 0) is 11.5 Å². The predicted octanol–water partition coefficient (Wildman–Crippen LogP) is 1.21. The monoisotopic (exact) mass is 265 g/mol. The molecule has 0 saturated heterocycles. The number of nitrogens with zero attached hydrogens (tertiary/aromatic N) is 1. The lowest BCUT2D eigenvalue weighted by Crippen LogP contribution is -2.52. The van der Waals surface area contributed by atoms with E-state index in [0.29, 0.717) is 0 Å². The number of carbonyl (C=O) groups excluding carboxylic acids is 2. The highest BCUT2D eigenvalue weighted by Gasteiger charge is 2.31. The van der Waals surface area contributed by atoms with Crippen LogP contribution in [0.15, 0.2) is 24.5 Å². The van der Waals surface area contributed by atoms with Crippen molar-refractivity contribution in [3.63, 3.8) is 0 Å². The lowest BCUT2D eigenvalue weighted by Gasteiger charge is -2.28. The molecule has 1 heterocycles. The first-order valence-corrected chi connectivity index (χ1v) is 5.92. The molecule has 0 aromatic carbocycles. The number of hydrogen-bond donors (Lipinski definition) is 2. The zero-order chi connectivity index (χ0) is 14.5. The maximum absolute atomic E-state index is 11.6. The van der Waals surface area contributed by atoms with Gasteiger partial charge in [0, 0.05) is 18.0 Å². The summed E-state index contributed by atoms with van der Waals surface area (Å²) in [6, 6.07) is 2.75. The van der Waals surface area contributed by atoms with E-state index in [4.69, 9.17) is 10.5 Å². The first kappa shape index (κ1) is 14.9. The predicted molar refractivity (Wildman–Crippen MR) is 70.0 cm³/mol. The molecule has 1 aromatic rings. The second kappa shape index (κ2) is 6.17. The lowest BCUT2D eigenvalue weighted by molar-refractivity contribution is -0.122. The van der Waals surface area contributed by atoms with E-state index in [1.165, 1.54) is 0 Å². The van der Waals surface area contributed by atoms with Crippen molar-refractivity contribution in [1.82, 2.24) is 10.3 Å². The number of aromatic nitrogens is 1. The SMILES string of the molecule is CC(C)(C)C(NC(=O)OCc1cccnc1)C(N)=O. The number of nitrogens with one attached hydrogen (secondary N) is 1. The largest absolute Gasteiger partial charge is 0.445 e. The topological polar surface area (TPSA) is 94.3 Å². The fourth-order valence-electron chi connectivity index (χ4n) is 1.51. The summed E-state index contributed by atoms with van der Waals surface area (Å²) in [7, 11) is 0. The molecule has 0 fully saturated rings. The average molecular weight is 265 g/mol. The summed E-state index contributed by atoms with van der Waals surface area (Å²) >= 11 is 0. The second-order valence-corrected chi connectivity index (χ2v) is 5.28. The molecule has 1 unspecified atom stereocenters. The third-order valence-corrected chi connectivity index (χ3v) is 2.51. The van der Waals surface area contributed by atoms with Gasteiger partial charge >= 0.3 is 6.09 Å². The van der Waals surface area contributed by atoms with Crippen molar-refractivity contribution in [3.8, 4) is 0 Å². The van der Waals surface area contributed by atoms with Gasteiger partial charge in [0.15, 0.2) is 0 Å². The highest BCUT2D eigenvalue weighted by Crippen LogP contribution is 2.19. The van der Waals surface area contributed by atoms with E-state index in [1.54, 1.807) is 24.5 Å². The molecule has 19 heavy (non-hydrogen) atoms. The minimum atomic E-state index is -0.783. The number of carbonyl (C=O) groups is 2. The lowest BCUT2D eigenvalue weighted by atomic mass is 9.86. The number of primary amides is 1. The Labute approximate surface area is 112 Å². The van der Waals surface area contributed by atoms with Crippen molar-refractivity contribution in [2.24, 2.45) is 11.1 Å². The number of amides is 2. The Morgan fingerprint density at radius 3 is 2.63 bits per heavy atom. The Morgan fingerprint density at radius 2 is 2.16 bits per heavy atom. The van der Waals surface area contributed by atoms with Crippen LogP contribution in [0, 0.1) is 5.41 Å². The Bertz CT molecular complexity index is 440. The standard InChI is InChI=1S/C13H19N3O3/c1-13(2,3)10(11(14)17)16-12(18)19-8-9-5-4-6-15-7-9/h4-7,10H,8H2,1-3H3,(H2,14,17)(H,16,18). The summed E-state index contributed by atoms with van der Waals surface area (Å²) in [6.07, 6.45) is 2.55. The summed E-state index contributed by atoms with van der Waals surface area (Å²) in [4.78, 5) is 26.8. The molecule has 0 saturated carbocycles. The molecule has 1 rings (SSSR count). The minimum absolute atomic E-state index is 0.0926. The first-order chi connectivity index (χ1) is 8.80. The van der Waals surface area contributed by atoms with E-state index in [-0.39, 0.29) is 6.61 Å². The van der Waals surface area contributed by atoms with Crippen LogP contribution in [0.2, 0.25) is 0 Å². The zero-order valence-corrected chi connectivity index (χ0v) is 11.3. The van der Waals surface area contributed by atoms with Gasteiger partial charge in [0.25, 0.3) is 0 Å². The van der Waals surface area contributed by atoms with Crippen molar-refractivity contribution in [2.75, 3.05) is 0 Å². The molecule has 1 atom stereocenters. The molecule has 0 spiro atoms. The molecular formula is C13H19N3O3. The number of alkyl carbamates (subject to hydrolysis) is 1. The zero-order valence-electron chi connectivity index (χ0n) is 11.3. The van der Waals surface area contributed by atoms with Crippen LogP contribution < -0.4 is 11.1 Å². The third kappa shape index (κ3) is 4.95. The summed E-state index contributed by atoms with van der Waals surface area (Å²) in [5.74, 6) is -0.592. The van der Waals surface area contributed by atoms with Gasteiger partial charge in [-0.2, -0.15) is 0 Å². The summed E-state index contributed by atoms with van der Waals surface area (Å²) in [5, 5.41) is 2.47. The van der Waals surface area contributed by atoms with E-state index in [0.717, 1.165) is 5.56 Å². The molecule has 0 aliphatic carbocycles. The minimum Gasteiger partial charge on any atom is -0.445 e. The third-order valence-electron chi connectivity index (χ3n) is 2.51. The molecule has 0 bridgehead atoms. The molecule has 0 aliphatic heterocycles. The number of nitrogens with two attached hydrogens (primary N) is 1. The summed E-state index contributed by atoms with van der Waals surface area (Å²) in [5.41, 5.74) is 5.55. The van der Waals surface area contributed by atoms with Crippen molar-refractivity contribution in [1.29, 1.82) is 0 Å². The number of ether oxygens (including phenoxy) is 1. The molecule has 1 aromatic heterocycles. The highest BCUT2D eigenvalue weighted by atomic mass is 16.5. The Hall–Kier alpha value is -2.11. The van der Waals surface area contributed by atoms with Gasteiger partial charge in [-0.3, -0.25) is 9.78 Å². The smallest absolute Gasteiger partial charge is 0.408 e. The van der Waals surface area contributed by atoms with Crippen molar-refractivity contribution in [3.05, 3.63) is 30.1 Å². The molecule has 6 nitrogen and oxygen atoms in total. The molecule has 6 heteroatoms. The van der Waals surface area contributed by atoms with Gasteiger partial charge in [-0.1, -0.05) is 26.8 Å². The van der Waals surface area contributed by atoms with Crippen molar-refractivity contribution >= 4 is 12.0 Å². The van der Waals surface area contributed by atoms with E-state index >= 15 is 0 Å². The van der Waals surface area contributed by atoms with Gasteiger partial charge in [-0.25, -0.2) is 4.79 Å². The number of hydrogen-bond acceptors (Lipinski definition) is 4. The summed E-state index contributed by atoms with van der Waals surface area (Å²) in [6.45, 7) is 5.52. The maximum atomic E-state index is 11.6. The molecule has 3 N–H and O–H groups in total. The number of rotatable bonds is 4. The molecule has 0 aliphatic rings. The second-order valence-electron chi connectivity index (χ2n) is 5.28. The van der Waals surface area contributed by atoms with E-state index in [9.17, 15) is 9.59 Å². The van der Waals surface area contributed by atoms with Crippen LogP contribution in [-0.4, -0.2) is 23.0 Å². The van der Waals surface area contributed by atoms with Gasteiger partial charge < -0.3 is 15.8 Å². The Kier molecular flexibility index (Phi) is 4.86. The van der Waals surface area contributed by atoms with Gasteiger partial charge in [0.1, 0.15) is 12.6 Å². The van der Waals surface area contributed by atoms with E-state index in [1.807, 2.05) is 20.8 Å². The number of pyridine rings is 1. The van der Waals surface area contributed by atoms with Crippen LogP contribution in [0.3, 0.4) is 0 Å². The van der Waals surface area contributed by atoms with Gasteiger partial charge in [0.05, 0.1) is 0 Å². The van der Waals surface area contributed by atoms with Crippen LogP contribution >= 0.6 is 0 Å². The van der Waals surface area contributed by atoms with Crippen LogP contribution in [-0.2, 0) is 16.1 Å². The molecular weight excluding hydrogens is 246 g/mol. The van der Waals surface area contributed by atoms with Crippen LogP contribution in [0.5, 0.6) is 0 Å². The van der Waals surface area contributed by atoms with Crippen LogP contribution in [0.1, 0.15) is 26.3 Å². The fourth-order valence-corrected chi connectivity index (χ4v) is 1.51. The Balaban J connectivity index is 2.52. The average Bonchev–Trinajstić information content (AvgIpc) is 2.33. The summed E-state index contributed by atoms with van der Waals surface area (Å²) < 4.78 is 5.01. The quantitative estimate of drug-likeness (QED) is 0.855. The van der Waals surface area contributed by atoms with Crippen LogP contribution in [0.4, 0.5) is 4.79 Å². The normalized spacial score (nSPS) is 12.6. The molecule has 104 valence electrons. The first-order valence-electron chi connectivity index (χ1n) is 5.92. The van der Waals surface area contributed by atoms with Crippen molar-refractivity contribution < 1.29 is 14.3 Å². The van der Waals surface area contributed by atoms with Gasteiger partial charge in [-0.15, -0.1) is 0 Å². The van der Waals surface area contributed by atoms with E-state index < -0.39 is 23.5 Å². The van der Waals surface area contributed by atoms with E-state index in [2.05, 4.69) is 10.3 Å². The molecule has 2 amide bonds. The maximum Gasteiger partial charge on any atom is 0.408 e. The van der Waals surface area contributed by atoms with Crippen molar-refractivity contribution in [2.45, 2.75) is 33.4 Å². The van der Waals surface area contributed by atoms with Crippen LogP contribution in [0.25, 0.3) is 0 Å². The fraction of sp³-hybridized carbons (Fsp3) is 0.462. The molecule has 0 radical (unpaired) electrons. The highest BCUT2D eigenvalue weighted by molar-refractivity contribution is 5.84. The Morgan fingerprint density at radius 1 is 1.47 bits per heavy atom. The van der Waals surface area contributed by atoms with Gasteiger partial charge in [0.2, 0.25) is 5.91 Å².